The van der Waals surface area contributed by atoms with Gasteiger partial charge in [0.15, 0.2) is 5.96 Å². The van der Waals surface area contributed by atoms with Crippen molar-refractivity contribution >= 4 is 11.9 Å². The van der Waals surface area contributed by atoms with Crippen molar-refractivity contribution in [2.24, 2.45) is 21.9 Å². The first-order chi connectivity index (χ1) is 5.89. The topological polar surface area (TPSA) is 84.7 Å². The third-order valence-corrected chi connectivity index (χ3v) is 2.90. The Hall–Kier alpha value is -1.26. The largest absolute Gasteiger partial charge is 0.370 e. The minimum atomic E-state index is -0.418. The standard InChI is InChI=1S/C8H16N4O/c1-5-8(2,4-11-7(9)10)6(13)12(5)3/h5H,4H2,1-3H3,(H4,9,10,11). The number of carbonyl (C=O) groups excluding carboxylic acids is 1. The quantitative estimate of drug-likeness (QED) is 0.332. The summed E-state index contributed by atoms with van der Waals surface area (Å²) in [5, 5.41) is 0. The van der Waals surface area contributed by atoms with Gasteiger partial charge < -0.3 is 16.4 Å². The summed E-state index contributed by atoms with van der Waals surface area (Å²) < 4.78 is 0. The van der Waals surface area contributed by atoms with Crippen LogP contribution in [0.4, 0.5) is 0 Å². The number of likely N-dealkylation sites (tertiary alicyclic amines) is 1. The molecule has 1 aliphatic rings. The number of guanidine groups is 1. The Morgan fingerprint density at radius 1 is 1.69 bits per heavy atom. The summed E-state index contributed by atoms with van der Waals surface area (Å²) in [7, 11) is 1.78. The summed E-state index contributed by atoms with van der Waals surface area (Å²) >= 11 is 0. The van der Waals surface area contributed by atoms with E-state index in [1.165, 1.54) is 0 Å². The lowest BCUT2D eigenvalue weighted by atomic mass is 9.73. The molecule has 13 heavy (non-hydrogen) atoms. The van der Waals surface area contributed by atoms with E-state index in [1.807, 2.05) is 13.8 Å². The van der Waals surface area contributed by atoms with E-state index >= 15 is 0 Å². The minimum Gasteiger partial charge on any atom is -0.370 e. The maximum atomic E-state index is 11.5. The van der Waals surface area contributed by atoms with Crippen molar-refractivity contribution in [1.29, 1.82) is 0 Å². The molecule has 5 nitrogen and oxygen atoms in total. The third-order valence-electron chi connectivity index (χ3n) is 2.90. The van der Waals surface area contributed by atoms with Gasteiger partial charge in [0.25, 0.3) is 0 Å². The first kappa shape index (κ1) is 9.83. The molecule has 1 saturated heterocycles. The number of carbonyl (C=O) groups is 1. The maximum absolute atomic E-state index is 11.5. The number of aliphatic imine (C=N–C) groups is 1. The monoisotopic (exact) mass is 184 g/mol. The summed E-state index contributed by atoms with van der Waals surface area (Å²) in [5.74, 6) is 0.140. The molecule has 0 aliphatic carbocycles. The van der Waals surface area contributed by atoms with E-state index in [2.05, 4.69) is 4.99 Å². The van der Waals surface area contributed by atoms with Crippen LogP contribution in [-0.2, 0) is 4.79 Å². The van der Waals surface area contributed by atoms with Gasteiger partial charge in [-0.2, -0.15) is 0 Å². The van der Waals surface area contributed by atoms with Gasteiger partial charge in [0, 0.05) is 13.1 Å². The van der Waals surface area contributed by atoms with Crippen molar-refractivity contribution in [3.8, 4) is 0 Å². The van der Waals surface area contributed by atoms with Crippen LogP contribution in [0.25, 0.3) is 0 Å². The molecule has 2 atom stereocenters. The summed E-state index contributed by atoms with van der Waals surface area (Å²) in [6.07, 6.45) is 0. The van der Waals surface area contributed by atoms with Gasteiger partial charge in [-0.25, -0.2) is 0 Å². The van der Waals surface area contributed by atoms with Gasteiger partial charge in [0.05, 0.1) is 12.0 Å². The van der Waals surface area contributed by atoms with E-state index in [0.717, 1.165) is 0 Å². The van der Waals surface area contributed by atoms with Crippen LogP contribution in [0, 0.1) is 5.41 Å². The lowest BCUT2D eigenvalue weighted by Crippen LogP contribution is -2.66. The molecule has 1 amide bonds. The van der Waals surface area contributed by atoms with Crippen molar-refractivity contribution in [2.45, 2.75) is 19.9 Å². The van der Waals surface area contributed by atoms with Crippen molar-refractivity contribution in [1.82, 2.24) is 4.90 Å². The average molecular weight is 184 g/mol. The van der Waals surface area contributed by atoms with Crippen LogP contribution in [0.1, 0.15) is 13.8 Å². The zero-order valence-electron chi connectivity index (χ0n) is 8.24. The molecule has 5 heteroatoms. The smallest absolute Gasteiger partial charge is 0.232 e. The van der Waals surface area contributed by atoms with Gasteiger partial charge in [0.1, 0.15) is 0 Å². The van der Waals surface area contributed by atoms with E-state index < -0.39 is 5.41 Å². The van der Waals surface area contributed by atoms with Crippen LogP contribution in [0.5, 0.6) is 0 Å². The number of hydrogen-bond acceptors (Lipinski definition) is 2. The number of amides is 1. The van der Waals surface area contributed by atoms with Gasteiger partial charge in [-0.05, 0) is 13.8 Å². The summed E-state index contributed by atoms with van der Waals surface area (Å²) in [4.78, 5) is 17.1. The fraction of sp³-hybridized carbons (Fsp3) is 0.750. The van der Waals surface area contributed by atoms with Gasteiger partial charge in [-0.1, -0.05) is 0 Å². The molecule has 74 valence electrons. The molecule has 2 unspecified atom stereocenters. The fourth-order valence-electron chi connectivity index (χ4n) is 1.57. The van der Waals surface area contributed by atoms with Crippen LogP contribution in [-0.4, -0.2) is 36.4 Å². The van der Waals surface area contributed by atoms with Crippen LogP contribution < -0.4 is 11.5 Å². The van der Waals surface area contributed by atoms with Crippen molar-refractivity contribution < 1.29 is 4.79 Å². The predicted octanol–water partition coefficient (Wildman–Crippen LogP) is -0.873. The third kappa shape index (κ3) is 1.34. The number of nitrogens with zero attached hydrogens (tertiary/aromatic N) is 2. The van der Waals surface area contributed by atoms with Crippen molar-refractivity contribution in [3.05, 3.63) is 0 Å². The molecule has 4 N–H and O–H groups in total. The highest BCUT2D eigenvalue weighted by atomic mass is 16.2. The number of rotatable bonds is 2. The Labute approximate surface area is 77.8 Å². The fourth-order valence-corrected chi connectivity index (χ4v) is 1.57. The first-order valence-corrected chi connectivity index (χ1v) is 4.22. The van der Waals surface area contributed by atoms with Crippen molar-refractivity contribution in [2.75, 3.05) is 13.6 Å². The Morgan fingerprint density at radius 2 is 2.23 bits per heavy atom. The molecule has 0 spiro atoms. The van der Waals surface area contributed by atoms with Gasteiger partial charge in [-0.3, -0.25) is 9.79 Å². The highest BCUT2D eigenvalue weighted by Gasteiger charge is 2.52. The number of β-lactam (4-membered cyclic amide) rings is 1. The molecule has 1 aliphatic heterocycles. The zero-order valence-corrected chi connectivity index (χ0v) is 8.24. The van der Waals surface area contributed by atoms with Gasteiger partial charge in [0.2, 0.25) is 5.91 Å². The van der Waals surface area contributed by atoms with E-state index in [9.17, 15) is 4.79 Å². The SMILES string of the molecule is CC1N(C)C(=O)C1(C)CN=C(N)N. The van der Waals surface area contributed by atoms with Crippen LogP contribution >= 0.6 is 0 Å². The second-order valence-corrected chi connectivity index (χ2v) is 3.75. The molecule has 0 radical (unpaired) electrons. The molecule has 1 rings (SSSR count). The van der Waals surface area contributed by atoms with Crippen molar-refractivity contribution in [3.63, 3.8) is 0 Å². The molecule has 1 heterocycles. The molecule has 0 saturated carbocycles. The Kier molecular flexibility index (Phi) is 2.19. The van der Waals surface area contributed by atoms with E-state index in [0.29, 0.717) is 6.54 Å². The first-order valence-electron chi connectivity index (χ1n) is 4.22. The number of hydrogen-bond donors (Lipinski definition) is 2. The normalized spacial score (nSPS) is 32.7. The molecule has 0 aromatic carbocycles. The highest BCUT2D eigenvalue weighted by molar-refractivity contribution is 5.90. The Bertz CT molecular complexity index is 259. The average Bonchev–Trinajstić information content (AvgIpc) is 2.11. The van der Waals surface area contributed by atoms with Crippen LogP contribution in [0.2, 0.25) is 0 Å². The van der Waals surface area contributed by atoms with Crippen LogP contribution in [0.3, 0.4) is 0 Å². The zero-order chi connectivity index (χ0) is 10.2. The maximum Gasteiger partial charge on any atom is 0.232 e. The summed E-state index contributed by atoms with van der Waals surface area (Å²) in [6, 6.07) is 0.197. The molecule has 0 aromatic rings. The number of nitrogens with two attached hydrogens (primary N) is 2. The molecular formula is C8H16N4O. The molecule has 0 aromatic heterocycles. The molecule has 1 fully saturated rings. The highest BCUT2D eigenvalue weighted by Crippen LogP contribution is 2.37. The van der Waals surface area contributed by atoms with Gasteiger partial charge >= 0.3 is 0 Å². The van der Waals surface area contributed by atoms with Gasteiger partial charge in [-0.15, -0.1) is 0 Å². The molecule has 0 bridgehead atoms. The summed E-state index contributed by atoms with van der Waals surface area (Å²) in [6.45, 7) is 4.25. The van der Waals surface area contributed by atoms with Crippen LogP contribution in [0.15, 0.2) is 4.99 Å². The minimum absolute atomic E-state index is 0.0378. The Balaban J connectivity index is 2.68. The summed E-state index contributed by atoms with van der Waals surface area (Å²) in [5.41, 5.74) is 10.00. The Morgan fingerprint density at radius 3 is 2.62 bits per heavy atom. The second-order valence-electron chi connectivity index (χ2n) is 3.75. The second kappa shape index (κ2) is 2.90. The van der Waals surface area contributed by atoms with E-state index in [-0.39, 0.29) is 17.9 Å². The lowest BCUT2D eigenvalue weighted by Gasteiger charge is -2.50. The predicted molar refractivity (Wildman–Crippen MR) is 51.0 cm³/mol. The van der Waals surface area contributed by atoms with E-state index in [4.69, 9.17) is 11.5 Å². The lowest BCUT2D eigenvalue weighted by molar-refractivity contribution is -0.163. The molecular weight excluding hydrogens is 168 g/mol. The van der Waals surface area contributed by atoms with E-state index in [1.54, 1.807) is 11.9 Å².